The van der Waals surface area contributed by atoms with Gasteiger partial charge in [-0.1, -0.05) is 0 Å². The number of nitrogens with zero attached hydrogens (tertiary/aromatic N) is 3. The molecule has 1 atom stereocenters. The number of benzene rings is 2. The lowest BCUT2D eigenvalue weighted by Gasteiger charge is -2.19. The smallest absolute Gasteiger partial charge is 0.191 e. The highest BCUT2D eigenvalue weighted by Gasteiger charge is 2.23. The Kier molecular flexibility index (Phi) is 7.68. The monoisotopic (exact) mass is 425 g/mol. The summed E-state index contributed by atoms with van der Waals surface area (Å²) in [6, 6.07) is 12.5. The molecular weight excluding hydrogens is 397 g/mol. The van der Waals surface area contributed by atoms with Crippen molar-refractivity contribution >= 4 is 5.96 Å². The van der Waals surface area contributed by atoms with Crippen LogP contribution >= 0.6 is 0 Å². The zero-order chi connectivity index (χ0) is 22.2. The number of ether oxygens (including phenoxy) is 2. The fourth-order valence-corrected chi connectivity index (χ4v) is 3.66. The average molecular weight is 426 g/mol. The minimum Gasteiger partial charge on any atom is -0.497 e. The Bertz CT molecular complexity index is 951. The second-order valence-corrected chi connectivity index (χ2v) is 7.43. The van der Waals surface area contributed by atoms with Gasteiger partial charge >= 0.3 is 0 Å². The maximum atomic E-state index is 14.0. The third-order valence-corrected chi connectivity index (χ3v) is 5.28. The molecule has 2 N–H and O–H groups in total. The number of nitriles is 1. The number of halogens is 1. The van der Waals surface area contributed by atoms with E-state index >= 15 is 0 Å². The first-order chi connectivity index (χ1) is 15.0. The Morgan fingerprint density at radius 3 is 2.61 bits per heavy atom. The lowest BCUT2D eigenvalue weighted by Crippen LogP contribution is -2.44. The predicted molar refractivity (Wildman–Crippen MR) is 118 cm³/mol. The van der Waals surface area contributed by atoms with Crippen LogP contribution in [0.5, 0.6) is 11.5 Å². The molecule has 3 rings (SSSR count). The van der Waals surface area contributed by atoms with Crippen LogP contribution in [0.2, 0.25) is 0 Å². The van der Waals surface area contributed by atoms with Crippen LogP contribution in [0.1, 0.15) is 23.1 Å². The second-order valence-electron chi connectivity index (χ2n) is 7.43. The third-order valence-electron chi connectivity index (χ3n) is 5.28. The van der Waals surface area contributed by atoms with Crippen molar-refractivity contribution in [1.29, 1.82) is 5.26 Å². The minimum absolute atomic E-state index is 0.231. The van der Waals surface area contributed by atoms with E-state index in [0.717, 1.165) is 43.1 Å². The van der Waals surface area contributed by atoms with Gasteiger partial charge in [0.2, 0.25) is 0 Å². The summed E-state index contributed by atoms with van der Waals surface area (Å²) in [5, 5.41) is 15.6. The minimum atomic E-state index is -0.345. The van der Waals surface area contributed by atoms with Crippen molar-refractivity contribution in [3.05, 3.63) is 58.9 Å². The Labute approximate surface area is 182 Å². The van der Waals surface area contributed by atoms with Gasteiger partial charge in [-0.2, -0.15) is 5.26 Å². The summed E-state index contributed by atoms with van der Waals surface area (Å²) in [4.78, 5) is 6.60. The highest BCUT2D eigenvalue weighted by atomic mass is 19.1. The first-order valence-electron chi connectivity index (χ1n) is 10.1. The van der Waals surface area contributed by atoms with E-state index in [-0.39, 0.29) is 18.4 Å². The summed E-state index contributed by atoms with van der Waals surface area (Å²) in [7, 11) is 4.98. The first-order valence-corrected chi connectivity index (χ1v) is 10.1. The van der Waals surface area contributed by atoms with Crippen LogP contribution < -0.4 is 20.1 Å². The number of hydrogen-bond acceptors (Lipinski definition) is 5. The summed E-state index contributed by atoms with van der Waals surface area (Å²) in [5.74, 6) is 1.82. The van der Waals surface area contributed by atoms with E-state index in [0.29, 0.717) is 17.1 Å². The quantitative estimate of drug-likeness (QED) is 0.524. The van der Waals surface area contributed by atoms with Gasteiger partial charge < -0.3 is 20.1 Å². The molecule has 0 saturated carbocycles. The number of rotatable bonds is 7. The molecule has 1 saturated heterocycles. The first kappa shape index (κ1) is 22.4. The fraction of sp³-hybridized carbons (Fsp3) is 0.391. The number of nitrogens with one attached hydrogen (secondary N) is 2. The number of guanidine groups is 1. The van der Waals surface area contributed by atoms with E-state index in [1.54, 1.807) is 27.3 Å². The molecule has 2 aromatic carbocycles. The highest BCUT2D eigenvalue weighted by Crippen LogP contribution is 2.24. The summed E-state index contributed by atoms with van der Waals surface area (Å²) in [6.45, 7) is 2.86. The largest absolute Gasteiger partial charge is 0.497 e. The van der Waals surface area contributed by atoms with E-state index in [9.17, 15) is 4.39 Å². The molecule has 0 radical (unpaired) electrons. The van der Waals surface area contributed by atoms with Gasteiger partial charge in [0.05, 0.1) is 25.9 Å². The molecule has 31 heavy (non-hydrogen) atoms. The molecule has 7 nitrogen and oxygen atoms in total. The zero-order valence-electron chi connectivity index (χ0n) is 18.1. The molecule has 8 heteroatoms. The molecule has 0 aliphatic carbocycles. The molecular formula is C23H28FN5O2. The second kappa shape index (κ2) is 10.6. The number of aliphatic imine (C=N–C) groups is 1. The van der Waals surface area contributed by atoms with Crippen molar-refractivity contribution in [2.45, 2.75) is 25.6 Å². The Morgan fingerprint density at radius 1 is 1.23 bits per heavy atom. The van der Waals surface area contributed by atoms with Gasteiger partial charge in [0.25, 0.3) is 0 Å². The van der Waals surface area contributed by atoms with Crippen LogP contribution in [-0.2, 0) is 13.1 Å². The fourth-order valence-electron chi connectivity index (χ4n) is 3.66. The van der Waals surface area contributed by atoms with E-state index in [1.165, 1.54) is 12.1 Å². The topological polar surface area (TPSA) is 81.9 Å². The Balaban J connectivity index is 1.54. The van der Waals surface area contributed by atoms with Crippen LogP contribution in [0, 0.1) is 17.1 Å². The van der Waals surface area contributed by atoms with Crippen molar-refractivity contribution in [3.63, 3.8) is 0 Å². The van der Waals surface area contributed by atoms with Gasteiger partial charge in [-0.05, 0) is 42.3 Å². The molecule has 0 aromatic heterocycles. The van der Waals surface area contributed by atoms with Crippen molar-refractivity contribution in [2.24, 2.45) is 4.99 Å². The molecule has 1 heterocycles. The van der Waals surface area contributed by atoms with Crippen LogP contribution in [0.4, 0.5) is 4.39 Å². The Morgan fingerprint density at radius 2 is 1.97 bits per heavy atom. The summed E-state index contributed by atoms with van der Waals surface area (Å²) >= 11 is 0. The van der Waals surface area contributed by atoms with E-state index in [4.69, 9.17) is 14.7 Å². The summed E-state index contributed by atoms with van der Waals surface area (Å²) in [6.07, 6.45) is 0.972. The maximum Gasteiger partial charge on any atom is 0.191 e. The molecule has 1 unspecified atom stereocenters. The Hall–Kier alpha value is -3.31. The molecule has 0 bridgehead atoms. The third kappa shape index (κ3) is 6.09. The molecule has 1 aliphatic heterocycles. The predicted octanol–water partition coefficient (Wildman–Crippen LogP) is 2.65. The maximum absolute atomic E-state index is 14.0. The lowest BCUT2D eigenvalue weighted by molar-refractivity contribution is 0.321. The van der Waals surface area contributed by atoms with Crippen molar-refractivity contribution in [1.82, 2.24) is 15.5 Å². The lowest BCUT2D eigenvalue weighted by atomic mass is 10.1. The SMILES string of the molecule is CN=C(NCc1cc(C#N)ccc1F)NC1CCN(Cc2cc(OC)cc(OC)c2)C1. The normalized spacial score (nSPS) is 16.6. The highest BCUT2D eigenvalue weighted by molar-refractivity contribution is 5.80. The molecule has 0 spiro atoms. The number of likely N-dealkylation sites (tertiary alicyclic amines) is 1. The van der Waals surface area contributed by atoms with Gasteiger partial charge in [0.1, 0.15) is 17.3 Å². The van der Waals surface area contributed by atoms with Crippen LogP contribution in [0.25, 0.3) is 0 Å². The number of hydrogen-bond donors (Lipinski definition) is 2. The standard InChI is InChI=1S/C23H28FN5O2/c1-26-23(27-13-18-8-16(12-25)4-5-22(18)24)28-19-6-7-29(15-19)14-17-9-20(30-2)11-21(10-17)31-3/h4-5,8-11,19H,6-7,13-15H2,1-3H3,(H2,26,27,28). The van der Waals surface area contributed by atoms with Crippen molar-refractivity contribution < 1.29 is 13.9 Å². The molecule has 164 valence electrons. The zero-order valence-corrected chi connectivity index (χ0v) is 18.1. The van der Waals surface area contributed by atoms with Gasteiger partial charge in [-0.3, -0.25) is 9.89 Å². The molecule has 2 aromatic rings. The van der Waals surface area contributed by atoms with Crippen LogP contribution in [0.3, 0.4) is 0 Å². The van der Waals surface area contributed by atoms with E-state index in [1.807, 2.05) is 24.3 Å². The van der Waals surface area contributed by atoms with Crippen LogP contribution in [0.15, 0.2) is 41.4 Å². The van der Waals surface area contributed by atoms with Gasteiger partial charge in [-0.25, -0.2) is 4.39 Å². The summed E-state index contributed by atoms with van der Waals surface area (Å²) in [5.41, 5.74) is 2.00. The number of methoxy groups -OCH3 is 2. The van der Waals surface area contributed by atoms with Gasteiger partial charge in [0, 0.05) is 50.9 Å². The average Bonchev–Trinajstić information content (AvgIpc) is 3.23. The molecule has 0 amide bonds. The van der Waals surface area contributed by atoms with Crippen molar-refractivity contribution in [2.75, 3.05) is 34.4 Å². The van der Waals surface area contributed by atoms with Crippen molar-refractivity contribution in [3.8, 4) is 17.6 Å². The van der Waals surface area contributed by atoms with E-state index < -0.39 is 0 Å². The molecule has 1 fully saturated rings. The van der Waals surface area contributed by atoms with Crippen LogP contribution in [-0.4, -0.2) is 51.3 Å². The molecule has 1 aliphatic rings. The van der Waals surface area contributed by atoms with E-state index in [2.05, 4.69) is 20.5 Å². The van der Waals surface area contributed by atoms with Gasteiger partial charge in [0.15, 0.2) is 5.96 Å². The van der Waals surface area contributed by atoms with Gasteiger partial charge in [-0.15, -0.1) is 0 Å². The summed E-state index contributed by atoms with van der Waals surface area (Å²) < 4.78 is 24.7.